The molecule has 2 atom stereocenters. The summed E-state index contributed by atoms with van der Waals surface area (Å²) in [6.45, 7) is 2.13. The molecule has 1 aliphatic carbocycles. The molecule has 0 saturated heterocycles. The molecule has 0 saturated carbocycles. The summed E-state index contributed by atoms with van der Waals surface area (Å²) in [7, 11) is 1.96. The van der Waals surface area contributed by atoms with Gasteiger partial charge in [0.15, 0.2) is 0 Å². The standard InChI is InChI=1S/C15H20N4/c1-3-13-15(9-19(2)18-13)17-14-8-12(16)10-6-4-5-7-11(10)14/h4-7,9,12,14,17H,3,8,16H2,1-2H3. The molecular weight excluding hydrogens is 236 g/mol. The molecule has 0 amide bonds. The molecule has 3 N–H and O–H groups in total. The van der Waals surface area contributed by atoms with Gasteiger partial charge in [0.1, 0.15) is 0 Å². The highest BCUT2D eigenvalue weighted by atomic mass is 15.3. The molecule has 0 fully saturated rings. The number of nitrogens with two attached hydrogens (primary N) is 1. The normalized spacial score (nSPS) is 21.4. The van der Waals surface area contributed by atoms with Gasteiger partial charge >= 0.3 is 0 Å². The smallest absolute Gasteiger partial charge is 0.0853 e. The molecule has 3 rings (SSSR count). The maximum atomic E-state index is 6.21. The molecule has 1 heterocycles. The number of fused-ring (bicyclic) bond motifs is 1. The quantitative estimate of drug-likeness (QED) is 0.887. The lowest BCUT2D eigenvalue weighted by Crippen LogP contribution is -2.10. The summed E-state index contributed by atoms with van der Waals surface area (Å²) in [5.41, 5.74) is 11.0. The SMILES string of the molecule is CCc1nn(C)cc1NC1CC(N)c2ccccc21. The zero-order chi connectivity index (χ0) is 13.4. The second-order valence-electron chi connectivity index (χ2n) is 5.18. The maximum Gasteiger partial charge on any atom is 0.0853 e. The first-order valence-corrected chi connectivity index (χ1v) is 6.82. The van der Waals surface area contributed by atoms with Crippen molar-refractivity contribution in [3.8, 4) is 0 Å². The number of nitrogens with zero attached hydrogens (tertiary/aromatic N) is 2. The van der Waals surface area contributed by atoms with Gasteiger partial charge < -0.3 is 11.1 Å². The van der Waals surface area contributed by atoms with Crippen LogP contribution in [0.5, 0.6) is 0 Å². The highest BCUT2D eigenvalue weighted by molar-refractivity contribution is 5.51. The van der Waals surface area contributed by atoms with Crippen molar-refractivity contribution in [2.75, 3.05) is 5.32 Å². The lowest BCUT2D eigenvalue weighted by molar-refractivity contribution is 0.648. The molecule has 1 aliphatic rings. The Kier molecular flexibility index (Phi) is 3.03. The highest BCUT2D eigenvalue weighted by Crippen LogP contribution is 2.39. The molecule has 4 heteroatoms. The highest BCUT2D eigenvalue weighted by Gasteiger charge is 2.28. The van der Waals surface area contributed by atoms with Crippen LogP contribution in [-0.2, 0) is 13.5 Å². The maximum absolute atomic E-state index is 6.21. The summed E-state index contributed by atoms with van der Waals surface area (Å²) in [5, 5.41) is 8.07. The summed E-state index contributed by atoms with van der Waals surface area (Å²) in [4.78, 5) is 0. The van der Waals surface area contributed by atoms with Crippen LogP contribution < -0.4 is 11.1 Å². The molecule has 100 valence electrons. The molecule has 2 aromatic rings. The third kappa shape index (κ3) is 2.12. The third-order valence-corrected chi connectivity index (χ3v) is 3.83. The van der Waals surface area contributed by atoms with Crippen LogP contribution >= 0.6 is 0 Å². The molecule has 19 heavy (non-hydrogen) atoms. The van der Waals surface area contributed by atoms with E-state index >= 15 is 0 Å². The summed E-state index contributed by atoms with van der Waals surface area (Å²) < 4.78 is 1.86. The fourth-order valence-corrected chi connectivity index (χ4v) is 2.91. The minimum Gasteiger partial charge on any atom is -0.375 e. The van der Waals surface area contributed by atoms with Gasteiger partial charge in [0.25, 0.3) is 0 Å². The molecule has 0 aliphatic heterocycles. The molecule has 0 bridgehead atoms. The summed E-state index contributed by atoms with van der Waals surface area (Å²) in [6.07, 6.45) is 3.92. The largest absolute Gasteiger partial charge is 0.375 e. The van der Waals surface area contributed by atoms with Crippen molar-refractivity contribution in [2.24, 2.45) is 12.8 Å². The number of hydrogen-bond donors (Lipinski definition) is 2. The molecule has 1 aromatic carbocycles. The van der Waals surface area contributed by atoms with Crippen LogP contribution in [0.2, 0.25) is 0 Å². The minimum absolute atomic E-state index is 0.135. The zero-order valence-electron chi connectivity index (χ0n) is 11.4. The van der Waals surface area contributed by atoms with Crippen LogP contribution in [0.1, 0.15) is 42.2 Å². The van der Waals surface area contributed by atoms with Crippen molar-refractivity contribution in [1.82, 2.24) is 9.78 Å². The molecule has 0 spiro atoms. The van der Waals surface area contributed by atoms with E-state index in [0.717, 1.165) is 24.2 Å². The van der Waals surface area contributed by atoms with E-state index in [9.17, 15) is 0 Å². The van der Waals surface area contributed by atoms with E-state index < -0.39 is 0 Å². The third-order valence-electron chi connectivity index (χ3n) is 3.83. The van der Waals surface area contributed by atoms with E-state index in [1.807, 2.05) is 17.9 Å². The monoisotopic (exact) mass is 256 g/mol. The van der Waals surface area contributed by atoms with Crippen molar-refractivity contribution < 1.29 is 0 Å². The van der Waals surface area contributed by atoms with Crippen molar-refractivity contribution >= 4 is 5.69 Å². The predicted molar refractivity (Wildman–Crippen MR) is 76.9 cm³/mol. The Labute approximate surface area is 113 Å². The van der Waals surface area contributed by atoms with Gasteiger partial charge in [-0.25, -0.2) is 0 Å². The fourth-order valence-electron chi connectivity index (χ4n) is 2.91. The lowest BCUT2D eigenvalue weighted by Gasteiger charge is -2.15. The topological polar surface area (TPSA) is 55.9 Å². The van der Waals surface area contributed by atoms with Crippen LogP contribution in [0.4, 0.5) is 5.69 Å². The van der Waals surface area contributed by atoms with Crippen molar-refractivity contribution in [3.63, 3.8) is 0 Å². The molecule has 0 radical (unpaired) electrons. The Morgan fingerprint density at radius 2 is 2.11 bits per heavy atom. The van der Waals surface area contributed by atoms with Crippen molar-refractivity contribution in [2.45, 2.75) is 31.8 Å². The second-order valence-corrected chi connectivity index (χ2v) is 5.18. The first kappa shape index (κ1) is 12.2. The van der Waals surface area contributed by atoms with Crippen molar-refractivity contribution in [3.05, 3.63) is 47.3 Å². The molecular formula is C15H20N4. The number of aromatic nitrogens is 2. The van der Waals surface area contributed by atoms with E-state index in [-0.39, 0.29) is 6.04 Å². The molecule has 4 nitrogen and oxygen atoms in total. The van der Waals surface area contributed by atoms with Gasteiger partial charge in [-0.15, -0.1) is 0 Å². The minimum atomic E-state index is 0.135. The number of nitrogens with one attached hydrogen (secondary N) is 1. The summed E-state index contributed by atoms with van der Waals surface area (Å²) >= 11 is 0. The second kappa shape index (κ2) is 4.70. The Hall–Kier alpha value is -1.81. The van der Waals surface area contributed by atoms with Gasteiger partial charge in [-0.05, 0) is 24.0 Å². The Bertz CT molecular complexity index is 588. The van der Waals surface area contributed by atoms with Gasteiger partial charge in [-0.3, -0.25) is 4.68 Å². The predicted octanol–water partition coefficient (Wildman–Crippen LogP) is 2.54. The number of anilines is 1. The van der Waals surface area contributed by atoms with E-state index in [0.29, 0.717) is 6.04 Å². The van der Waals surface area contributed by atoms with Gasteiger partial charge in [0, 0.05) is 19.3 Å². The first-order chi connectivity index (χ1) is 9.19. The summed E-state index contributed by atoms with van der Waals surface area (Å²) in [6, 6.07) is 8.86. The fraction of sp³-hybridized carbons (Fsp3) is 0.400. The van der Waals surface area contributed by atoms with Gasteiger partial charge in [0.05, 0.1) is 17.4 Å². The Morgan fingerprint density at radius 1 is 1.37 bits per heavy atom. The van der Waals surface area contributed by atoms with Crippen LogP contribution in [-0.4, -0.2) is 9.78 Å². The molecule has 2 unspecified atom stereocenters. The van der Waals surface area contributed by atoms with Crippen molar-refractivity contribution in [1.29, 1.82) is 0 Å². The first-order valence-electron chi connectivity index (χ1n) is 6.82. The van der Waals surface area contributed by atoms with Gasteiger partial charge in [0.2, 0.25) is 0 Å². The Morgan fingerprint density at radius 3 is 2.84 bits per heavy atom. The Balaban J connectivity index is 1.89. The van der Waals surface area contributed by atoms with Crippen LogP contribution in [0, 0.1) is 0 Å². The van der Waals surface area contributed by atoms with Crippen LogP contribution in [0.3, 0.4) is 0 Å². The average Bonchev–Trinajstić information content (AvgIpc) is 2.92. The van der Waals surface area contributed by atoms with E-state index in [1.165, 1.54) is 11.1 Å². The van der Waals surface area contributed by atoms with Gasteiger partial charge in [-0.2, -0.15) is 5.10 Å². The zero-order valence-corrected chi connectivity index (χ0v) is 11.4. The number of rotatable bonds is 3. The van der Waals surface area contributed by atoms with Crippen LogP contribution in [0.25, 0.3) is 0 Å². The number of hydrogen-bond acceptors (Lipinski definition) is 3. The number of aryl methyl sites for hydroxylation is 2. The lowest BCUT2D eigenvalue weighted by atomic mass is 10.1. The average molecular weight is 256 g/mol. The molecule has 1 aromatic heterocycles. The number of benzene rings is 1. The van der Waals surface area contributed by atoms with E-state index in [2.05, 4.69) is 41.6 Å². The van der Waals surface area contributed by atoms with Gasteiger partial charge in [-0.1, -0.05) is 31.2 Å². The summed E-state index contributed by atoms with van der Waals surface area (Å²) in [5.74, 6) is 0. The van der Waals surface area contributed by atoms with Crippen LogP contribution in [0.15, 0.2) is 30.5 Å². The van der Waals surface area contributed by atoms with E-state index in [4.69, 9.17) is 5.73 Å². The van der Waals surface area contributed by atoms with E-state index in [1.54, 1.807) is 0 Å².